The molecule has 1 saturated heterocycles. The maximum absolute atomic E-state index is 13.6. The minimum atomic E-state index is -4.80. The topological polar surface area (TPSA) is 135 Å². The number of aldehydes is 1. The summed E-state index contributed by atoms with van der Waals surface area (Å²) in [6.45, 7) is -1.93. The van der Waals surface area contributed by atoms with Gasteiger partial charge in [0.1, 0.15) is 31.1 Å². The number of hydrogen-bond acceptors (Lipinski definition) is 8. The van der Waals surface area contributed by atoms with Crippen molar-refractivity contribution in [3.8, 4) is 11.5 Å². The highest BCUT2D eigenvalue weighted by atomic mass is 127. The molecule has 10 nitrogen and oxygen atoms in total. The third-order valence-electron chi connectivity index (χ3n) is 6.09. The number of carbonyl (C=O) groups is 3. The minimum Gasteiger partial charge on any atom is -0.493 e. The average Bonchev–Trinajstić information content (AvgIpc) is 3.42. The first-order chi connectivity index (χ1) is 18.0. The summed E-state index contributed by atoms with van der Waals surface area (Å²) < 4.78 is 57.8. The smallest absolute Gasteiger partial charge is 0.406 e. The third-order valence-corrected chi connectivity index (χ3v) is 6.90. The Labute approximate surface area is 230 Å². The first-order valence-electron chi connectivity index (χ1n) is 11.7. The van der Waals surface area contributed by atoms with E-state index in [0.717, 1.165) is 0 Å². The number of alkyl halides is 3. The largest absolute Gasteiger partial charge is 0.493 e. The van der Waals surface area contributed by atoms with Crippen molar-refractivity contribution in [2.24, 2.45) is 0 Å². The number of carbonyl (C=O) groups excluding carboxylic acids is 3. The Bertz CT molecular complexity index is 1060. The van der Waals surface area contributed by atoms with Crippen molar-refractivity contribution in [3.05, 3.63) is 32.9 Å². The highest BCUT2D eigenvalue weighted by Gasteiger charge is 2.46. The summed E-state index contributed by atoms with van der Waals surface area (Å²) in [6, 6.07) is 1.37. The zero-order valence-electron chi connectivity index (χ0n) is 20.4. The van der Waals surface area contributed by atoms with Crippen LogP contribution in [0.1, 0.15) is 29.6 Å². The normalized spacial score (nSPS) is 23.4. The number of aliphatic hydroxyl groups excluding tert-OH is 2. The zero-order valence-corrected chi connectivity index (χ0v) is 22.5. The van der Waals surface area contributed by atoms with Crippen LogP contribution in [0.25, 0.3) is 0 Å². The van der Waals surface area contributed by atoms with Crippen LogP contribution >= 0.6 is 22.6 Å². The van der Waals surface area contributed by atoms with Gasteiger partial charge in [-0.3, -0.25) is 14.4 Å². The van der Waals surface area contributed by atoms with Crippen LogP contribution in [-0.2, 0) is 14.3 Å². The number of amides is 2. The van der Waals surface area contributed by atoms with E-state index in [1.807, 2.05) is 22.6 Å². The van der Waals surface area contributed by atoms with Crippen LogP contribution in [0, 0.1) is 3.57 Å². The lowest BCUT2D eigenvalue weighted by Crippen LogP contribution is -2.58. The molecule has 2 aliphatic rings. The summed E-state index contributed by atoms with van der Waals surface area (Å²) in [5.74, 6) is -1.43. The van der Waals surface area contributed by atoms with Gasteiger partial charge in [-0.25, -0.2) is 0 Å². The second-order valence-corrected chi connectivity index (χ2v) is 9.91. The van der Waals surface area contributed by atoms with Crippen molar-refractivity contribution in [3.63, 3.8) is 0 Å². The van der Waals surface area contributed by atoms with E-state index >= 15 is 0 Å². The van der Waals surface area contributed by atoms with E-state index in [-0.39, 0.29) is 48.8 Å². The van der Waals surface area contributed by atoms with E-state index in [2.05, 4.69) is 5.32 Å². The molecule has 1 heterocycles. The molecule has 2 amide bonds. The van der Waals surface area contributed by atoms with Gasteiger partial charge in [0.25, 0.3) is 5.91 Å². The maximum atomic E-state index is 13.6. The van der Waals surface area contributed by atoms with Gasteiger partial charge in [-0.15, -0.1) is 0 Å². The number of methoxy groups -OCH3 is 1. The molecule has 0 bridgehead atoms. The number of benzene rings is 1. The summed E-state index contributed by atoms with van der Waals surface area (Å²) in [6.07, 6.45) is -6.76. The molecule has 210 valence electrons. The van der Waals surface area contributed by atoms with Gasteiger partial charge in [0.15, 0.2) is 11.5 Å². The SMILES string of the molecule is COc1cc(C=O)cc(I)c1O[C@H]1C=C(C(=O)NCCO)C[C@@H](N(CC(F)(F)F)C(=O)C2CCCO2)[C@@H]1O. The van der Waals surface area contributed by atoms with Crippen LogP contribution in [0.5, 0.6) is 11.5 Å². The molecule has 38 heavy (non-hydrogen) atoms. The van der Waals surface area contributed by atoms with Crippen LogP contribution in [-0.4, -0.2) is 97.2 Å². The number of hydrogen-bond donors (Lipinski definition) is 3. The van der Waals surface area contributed by atoms with Crippen molar-refractivity contribution in [1.29, 1.82) is 0 Å². The molecule has 1 aliphatic heterocycles. The molecule has 1 aromatic carbocycles. The molecule has 1 fully saturated rings. The van der Waals surface area contributed by atoms with E-state index in [1.165, 1.54) is 25.3 Å². The molecule has 1 aromatic rings. The molecule has 4 atom stereocenters. The number of aliphatic hydroxyl groups is 2. The van der Waals surface area contributed by atoms with E-state index < -0.39 is 55.3 Å². The summed E-state index contributed by atoms with van der Waals surface area (Å²) in [7, 11) is 1.32. The molecule has 0 saturated carbocycles. The van der Waals surface area contributed by atoms with Gasteiger partial charge in [-0.05, 0) is 53.6 Å². The molecule has 1 unspecified atom stereocenters. The van der Waals surface area contributed by atoms with E-state index in [9.17, 15) is 32.7 Å². The highest BCUT2D eigenvalue weighted by molar-refractivity contribution is 14.1. The fraction of sp³-hybridized carbons (Fsp3) is 0.542. The average molecular weight is 656 g/mol. The van der Waals surface area contributed by atoms with Crippen molar-refractivity contribution < 1.29 is 52.0 Å². The van der Waals surface area contributed by atoms with E-state index in [0.29, 0.717) is 21.2 Å². The number of ether oxygens (including phenoxy) is 3. The Kier molecular flexibility index (Phi) is 10.4. The lowest BCUT2D eigenvalue weighted by atomic mass is 9.87. The number of halogens is 4. The lowest BCUT2D eigenvalue weighted by Gasteiger charge is -2.41. The maximum Gasteiger partial charge on any atom is 0.406 e. The highest BCUT2D eigenvalue weighted by Crippen LogP contribution is 2.37. The molecule has 14 heteroatoms. The van der Waals surface area contributed by atoms with Crippen LogP contribution in [0.15, 0.2) is 23.8 Å². The Morgan fingerprint density at radius 2 is 2.08 bits per heavy atom. The summed E-state index contributed by atoms with van der Waals surface area (Å²) in [4.78, 5) is 37.7. The van der Waals surface area contributed by atoms with Gasteiger partial charge in [-0.1, -0.05) is 0 Å². The van der Waals surface area contributed by atoms with Gasteiger partial charge < -0.3 is 34.6 Å². The fourth-order valence-corrected chi connectivity index (χ4v) is 5.10. The number of nitrogens with zero attached hydrogens (tertiary/aromatic N) is 1. The van der Waals surface area contributed by atoms with Gasteiger partial charge >= 0.3 is 6.18 Å². The van der Waals surface area contributed by atoms with E-state index in [4.69, 9.17) is 19.3 Å². The van der Waals surface area contributed by atoms with E-state index in [1.54, 1.807) is 0 Å². The second-order valence-electron chi connectivity index (χ2n) is 8.75. The fourth-order valence-electron chi connectivity index (χ4n) is 4.35. The van der Waals surface area contributed by atoms with Gasteiger partial charge in [0, 0.05) is 30.7 Å². The molecule has 3 rings (SSSR count). The van der Waals surface area contributed by atoms with Crippen LogP contribution in [0.2, 0.25) is 0 Å². The van der Waals surface area contributed by atoms with Crippen molar-refractivity contribution >= 4 is 40.7 Å². The number of nitrogens with one attached hydrogen (secondary N) is 1. The van der Waals surface area contributed by atoms with Crippen molar-refractivity contribution in [2.45, 2.75) is 49.8 Å². The lowest BCUT2D eigenvalue weighted by molar-refractivity contribution is -0.177. The summed E-state index contributed by atoms with van der Waals surface area (Å²) >= 11 is 1.87. The molecule has 3 N–H and O–H groups in total. The third kappa shape index (κ3) is 7.36. The first-order valence-corrected chi connectivity index (χ1v) is 12.8. The zero-order chi connectivity index (χ0) is 28.0. The molecular weight excluding hydrogens is 628 g/mol. The predicted molar refractivity (Wildman–Crippen MR) is 135 cm³/mol. The quantitative estimate of drug-likeness (QED) is 0.256. The van der Waals surface area contributed by atoms with Gasteiger partial charge in [-0.2, -0.15) is 13.2 Å². The molecule has 0 aromatic heterocycles. The van der Waals surface area contributed by atoms with Crippen LogP contribution < -0.4 is 14.8 Å². The van der Waals surface area contributed by atoms with Gasteiger partial charge in [0.2, 0.25) is 5.91 Å². The molecular formula is C24H28F3IN2O8. The number of rotatable bonds is 10. The molecule has 0 radical (unpaired) electrons. The molecule has 0 spiro atoms. The Morgan fingerprint density at radius 1 is 1.34 bits per heavy atom. The monoisotopic (exact) mass is 656 g/mol. The van der Waals surface area contributed by atoms with Crippen LogP contribution in [0.3, 0.4) is 0 Å². The van der Waals surface area contributed by atoms with Crippen molar-refractivity contribution in [1.82, 2.24) is 10.2 Å². The Hall–Kier alpha value is -2.43. The minimum absolute atomic E-state index is 0.0375. The summed E-state index contributed by atoms with van der Waals surface area (Å²) in [5.41, 5.74) is 0.239. The van der Waals surface area contributed by atoms with Crippen molar-refractivity contribution in [2.75, 3.05) is 33.4 Å². The summed E-state index contributed by atoms with van der Waals surface area (Å²) in [5, 5.41) is 22.7. The predicted octanol–water partition coefficient (Wildman–Crippen LogP) is 1.60. The Balaban J connectivity index is 2.03. The van der Waals surface area contributed by atoms with Gasteiger partial charge in [0.05, 0.1) is 23.3 Å². The van der Waals surface area contributed by atoms with Crippen LogP contribution in [0.4, 0.5) is 13.2 Å². The first kappa shape index (κ1) is 30.1. The Morgan fingerprint density at radius 3 is 2.66 bits per heavy atom. The standard InChI is InChI=1S/C24H28F3IN2O8/c1-36-19-8-13(11-32)7-15(28)21(19)38-18-10-14(22(34)29-4-5-31)9-16(20(18)33)30(12-24(25,26)27)23(35)17-3-2-6-37-17/h7-8,10-11,16-18,20,31,33H,2-6,9,12H2,1H3,(H,29,34)/t16-,17?,18+,20+/m1/s1. The second kappa shape index (κ2) is 13.1. The molecule has 1 aliphatic carbocycles.